The Hall–Kier alpha value is -1.26. The van der Waals surface area contributed by atoms with Crippen molar-refractivity contribution in [1.29, 1.82) is 0 Å². The van der Waals surface area contributed by atoms with Crippen molar-refractivity contribution in [1.82, 2.24) is 10.2 Å². The fourth-order valence-corrected chi connectivity index (χ4v) is 3.06. The smallest absolute Gasteiger partial charge is 0.245 e. The minimum atomic E-state index is -0.471. The molecule has 2 amide bonds. The molecule has 0 aromatic heterocycles. The van der Waals surface area contributed by atoms with E-state index in [1.54, 1.807) is 24.0 Å². The lowest BCUT2D eigenvalue weighted by molar-refractivity contribution is -0.148. The second-order valence-corrected chi connectivity index (χ2v) is 6.02. The van der Waals surface area contributed by atoms with E-state index in [0.717, 1.165) is 5.56 Å². The summed E-state index contributed by atoms with van der Waals surface area (Å²) in [5.41, 5.74) is 0.919. The van der Waals surface area contributed by atoms with Crippen molar-refractivity contribution in [2.45, 2.75) is 38.8 Å². The predicted molar refractivity (Wildman–Crippen MR) is 83.6 cm³/mol. The Morgan fingerprint density at radius 2 is 2.00 bits per heavy atom. The summed E-state index contributed by atoms with van der Waals surface area (Å²) in [6, 6.07) is 4.43. The predicted octanol–water partition coefficient (Wildman–Crippen LogP) is 2.66. The van der Waals surface area contributed by atoms with Gasteiger partial charge in [0.15, 0.2) is 0 Å². The Labute approximate surface area is 134 Å². The number of hydrogen-bond acceptors (Lipinski definition) is 2. The molecule has 6 heteroatoms. The number of nitrogens with zero attached hydrogens (tertiary/aromatic N) is 1. The normalized spacial score (nSPS) is 22.4. The van der Waals surface area contributed by atoms with Crippen LogP contribution in [0.2, 0.25) is 10.0 Å². The Bertz CT molecular complexity index is 563. The average molecular weight is 329 g/mol. The van der Waals surface area contributed by atoms with Crippen LogP contribution in [0.5, 0.6) is 0 Å². The molecule has 0 spiro atoms. The van der Waals surface area contributed by atoms with E-state index in [1.807, 2.05) is 13.0 Å². The average Bonchev–Trinajstić information content (AvgIpc) is 2.42. The first-order chi connectivity index (χ1) is 9.93. The van der Waals surface area contributed by atoms with Crippen LogP contribution in [0.15, 0.2) is 18.2 Å². The van der Waals surface area contributed by atoms with Gasteiger partial charge in [-0.1, -0.05) is 36.2 Å². The zero-order valence-electron chi connectivity index (χ0n) is 12.0. The third-order valence-electron chi connectivity index (χ3n) is 3.71. The highest BCUT2D eigenvalue weighted by Crippen LogP contribution is 2.22. The number of amides is 2. The first-order valence-electron chi connectivity index (χ1n) is 6.98. The van der Waals surface area contributed by atoms with E-state index in [9.17, 15) is 9.59 Å². The van der Waals surface area contributed by atoms with Crippen LogP contribution in [0.1, 0.15) is 25.8 Å². The molecule has 2 unspecified atom stereocenters. The third-order valence-corrected chi connectivity index (χ3v) is 4.30. The molecule has 1 fully saturated rings. The van der Waals surface area contributed by atoms with Gasteiger partial charge in [0.1, 0.15) is 12.1 Å². The van der Waals surface area contributed by atoms with Gasteiger partial charge < -0.3 is 10.2 Å². The highest BCUT2D eigenvalue weighted by atomic mass is 35.5. The summed E-state index contributed by atoms with van der Waals surface area (Å²) in [5, 5.41) is 3.87. The molecule has 1 N–H and O–H groups in total. The molecular formula is C15H18Cl2N2O2. The standard InChI is InChI=1S/C15H18Cl2N2O2/c1-3-13-14(20)18-9(2)15(21)19(13)7-6-10-4-5-11(16)8-12(10)17/h4-5,8-9,13H,3,6-7H2,1-2H3,(H,18,20). The van der Waals surface area contributed by atoms with E-state index < -0.39 is 12.1 Å². The first kappa shape index (κ1) is 16.1. The largest absolute Gasteiger partial charge is 0.343 e. The summed E-state index contributed by atoms with van der Waals surface area (Å²) in [6.45, 7) is 4.07. The number of hydrogen-bond donors (Lipinski definition) is 1. The number of rotatable bonds is 4. The van der Waals surface area contributed by atoms with Crippen LogP contribution >= 0.6 is 23.2 Å². The summed E-state index contributed by atoms with van der Waals surface area (Å²) in [4.78, 5) is 25.9. The summed E-state index contributed by atoms with van der Waals surface area (Å²) in [6.07, 6.45) is 1.19. The molecule has 0 radical (unpaired) electrons. The maximum Gasteiger partial charge on any atom is 0.245 e. The topological polar surface area (TPSA) is 49.4 Å². The van der Waals surface area contributed by atoms with E-state index in [1.165, 1.54) is 0 Å². The van der Waals surface area contributed by atoms with E-state index in [2.05, 4.69) is 5.32 Å². The molecule has 21 heavy (non-hydrogen) atoms. The summed E-state index contributed by atoms with van der Waals surface area (Å²) in [7, 11) is 0. The molecule has 4 nitrogen and oxygen atoms in total. The SMILES string of the molecule is CCC1C(=O)NC(C)C(=O)N1CCc1ccc(Cl)cc1Cl. The lowest BCUT2D eigenvalue weighted by atomic mass is 10.0. The highest BCUT2D eigenvalue weighted by Gasteiger charge is 2.36. The lowest BCUT2D eigenvalue weighted by Crippen LogP contribution is -2.62. The van der Waals surface area contributed by atoms with Gasteiger partial charge in [-0.2, -0.15) is 0 Å². The van der Waals surface area contributed by atoms with Crippen molar-refractivity contribution in [3.05, 3.63) is 33.8 Å². The van der Waals surface area contributed by atoms with Crippen molar-refractivity contribution in [2.75, 3.05) is 6.54 Å². The van der Waals surface area contributed by atoms with Crippen LogP contribution in [-0.2, 0) is 16.0 Å². The molecule has 1 aliphatic heterocycles. The Morgan fingerprint density at radius 1 is 1.29 bits per heavy atom. The Balaban J connectivity index is 2.12. The highest BCUT2D eigenvalue weighted by molar-refractivity contribution is 6.35. The van der Waals surface area contributed by atoms with Crippen LogP contribution in [0, 0.1) is 0 Å². The summed E-state index contributed by atoms with van der Waals surface area (Å²) in [5.74, 6) is -0.140. The van der Waals surface area contributed by atoms with Gasteiger partial charge in [0.25, 0.3) is 0 Å². The van der Waals surface area contributed by atoms with Gasteiger partial charge in [0.05, 0.1) is 0 Å². The van der Waals surface area contributed by atoms with Crippen molar-refractivity contribution >= 4 is 35.0 Å². The van der Waals surface area contributed by atoms with Gasteiger partial charge in [0.2, 0.25) is 11.8 Å². The number of carbonyl (C=O) groups excluding carboxylic acids is 2. The first-order valence-corrected chi connectivity index (χ1v) is 7.74. The molecule has 2 atom stereocenters. The maximum absolute atomic E-state index is 12.3. The molecule has 114 valence electrons. The lowest BCUT2D eigenvalue weighted by Gasteiger charge is -2.37. The molecule has 0 saturated carbocycles. The quantitative estimate of drug-likeness (QED) is 0.923. The molecule has 1 aromatic carbocycles. The van der Waals surface area contributed by atoms with Crippen molar-refractivity contribution in [2.24, 2.45) is 0 Å². The van der Waals surface area contributed by atoms with E-state index in [0.29, 0.717) is 29.4 Å². The third kappa shape index (κ3) is 3.50. The van der Waals surface area contributed by atoms with E-state index in [4.69, 9.17) is 23.2 Å². The Morgan fingerprint density at radius 3 is 2.62 bits per heavy atom. The van der Waals surface area contributed by atoms with Gasteiger partial charge in [-0.15, -0.1) is 0 Å². The zero-order chi connectivity index (χ0) is 15.6. The number of nitrogens with one attached hydrogen (secondary N) is 1. The molecule has 1 saturated heterocycles. The minimum absolute atomic E-state index is 0.0495. The van der Waals surface area contributed by atoms with Crippen LogP contribution < -0.4 is 5.32 Å². The summed E-state index contributed by atoms with van der Waals surface area (Å²) < 4.78 is 0. The van der Waals surface area contributed by atoms with Gasteiger partial charge >= 0.3 is 0 Å². The van der Waals surface area contributed by atoms with Gasteiger partial charge in [0, 0.05) is 16.6 Å². The van der Waals surface area contributed by atoms with E-state index in [-0.39, 0.29) is 11.8 Å². The Kier molecular flexibility index (Phi) is 5.12. The number of piperazine rings is 1. The second kappa shape index (κ2) is 6.67. The van der Waals surface area contributed by atoms with Crippen LogP contribution in [-0.4, -0.2) is 35.3 Å². The molecule has 1 heterocycles. The van der Waals surface area contributed by atoms with Gasteiger partial charge in [-0.05, 0) is 37.5 Å². The van der Waals surface area contributed by atoms with Crippen LogP contribution in [0.25, 0.3) is 0 Å². The van der Waals surface area contributed by atoms with Crippen molar-refractivity contribution in [3.63, 3.8) is 0 Å². The van der Waals surface area contributed by atoms with Crippen molar-refractivity contribution < 1.29 is 9.59 Å². The number of carbonyl (C=O) groups is 2. The fourth-order valence-electron chi connectivity index (χ4n) is 2.55. The van der Waals surface area contributed by atoms with Crippen LogP contribution in [0.3, 0.4) is 0 Å². The minimum Gasteiger partial charge on any atom is -0.343 e. The van der Waals surface area contributed by atoms with Crippen LogP contribution in [0.4, 0.5) is 0 Å². The second-order valence-electron chi connectivity index (χ2n) is 5.17. The molecule has 0 bridgehead atoms. The maximum atomic E-state index is 12.3. The fraction of sp³-hybridized carbons (Fsp3) is 0.467. The van der Waals surface area contributed by atoms with Crippen molar-refractivity contribution in [3.8, 4) is 0 Å². The molecule has 0 aliphatic carbocycles. The molecular weight excluding hydrogens is 311 g/mol. The van der Waals surface area contributed by atoms with Gasteiger partial charge in [-0.3, -0.25) is 9.59 Å². The number of halogens is 2. The van der Waals surface area contributed by atoms with Gasteiger partial charge in [-0.25, -0.2) is 0 Å². The van der Waals surface area contributed by atoms with E-state index >= 15 is 0 Å². The zero-order valence-corrected chi connectivity index (χ0v) is 13.5. The monoisotopic (exact) mass is 328 g/mol. The summed E-state index contributed by atoms with van der Waals surface area (Å²) >= 11 is 12.0. The molecule has 1 aromatic rings. The molecule has 1 aliphatic rings. The number of benzene rings is 1. The molecule has 2 rings (SSSR count).